The first-order chi connectivity index (χ1) is 6.24. The van der Waals surface area contributed by atoms with Gasteiger partial charge in [0.1, 0.15) is 5.75 Å². The van der Waals surface area contributed by atoms with Crippen LogP contribution in [0.2, 0.25) is 0 Å². The molecular formula is C11H19NO. The molecule has 0 saturated heterocycles. The molecule has 0 spiro atoms. The summed E-state index contributed by atoms with van der Waals surface area (Å²) < 4.78 is 5.01. The van der Waals surface area contributed by atoms with Crippen LogP contribution < -0.4 is 10.5 Å². The van der Waals surface area contributed by atoms with E-state index in [0.717, 1.165) is 11.3 Å². The predicted molar refractivity (Wildman–Crippen MR) is 56.9 cm³/mol. The number of hydrogen-bond donors (Lipinski definition) is 1. The van der Waals surface area contributed by atoms with E-state index in [-0.39, 0.29) is 6.04 Å². The largest absolute Gasteiger partial charge is 0.497 e. The second-order valence-corrected chi connectivity index (χ2v) is 2.56. The molecule has 2 heteroatoms. The van der Waals surface area contributed by atoms with Crippen molar-refractivity contribution < 1.29 is 4.74 Å². The molecule has 1 aromatic rings. The summed E-state index contributed by atoms with van der Waals surface area (Å²) in [5, 5.41) is 0. The molecule has 0 radical (unpaired) electrons. The molecule has 1 unspecified atom stereocenters. The molecule has 2 N–H and O–H groups in total. The zero-order valence-corrected chi connectivity index (χ0v) is 8.87. The Hall–Kier alpha value is -1.02. The van der Waals surface area contributed by atoms with E-state index >= 15 is 0 Å². The molecule has 2 nitrogen and oxygen atoms in total. The Balaban J connectivity index is 0.000000671. The predicted octanol–water partition coefficient (Wildman–Crippen LogP) is 2.74. The Labute approximate surface area is 80.7 Å². The van der Waals surface area contributed by atoms with E-state index in [1.165, 1.54) is 0 Å². The molecular weight excluding hydrogens is 162 g/mol. The second kappa shape index (κ2) is 6.49. The molecule has 0 bridgehead atoms. The third-order valence-electron chi connectivity index (χ3n) is 1.64. The van der Waals surface area contributed by atoms with E-state index in [4.69, 9.17) is 10.5 Å². The fourth-order valence-corrected chi connectivity index (χ4v) is 0.907. The maximum Gasteiger partial charge on any atom is 0.118 e. The summed E-state index contributed by atoms with van der Waals surface area (Å²) >= 11 is 0. The number of rotatable bonds is 2. The first-order valence-corrected chi connectivity index (χ1v) is 4.63. The summed E-state index contributed by atoms with van der Waals surface area (Å²) in [5.41, 5.74) is 6.79. The molecule has 1 aromatic carbocycles. The van der Waals surface area contributed by atoms with Gasteiger partial charge in [0.2, 0.25) is 0 Å². The Kier molecular flexibility index (Phi) is 5.98. The maximum absolute atomic E-state index is 5.66. The lowest BCUT2D eigenvalue weighted by atomic mass is 10.1. The van der Waals surface area contributed by atoms with Crippen LogP contribution in [0.4, 0.5) is 0 Å². The van der Waals surface area contributed by atoms with E-state index in [1.807, 2.05) is 45.0 Å². The molecule has 0 aliphatic carbocycles. The lowest BCUT2D eigenvalue weighted by molar-refractivity contribution is 0.414. The van der Waals surface area contributed by atoms with Crippen molar-refractivity contribution in [1.29, 1.82) is 0 Å². The van der Waals surface area contributed by atoms with Crippen LogP contribution in [-0.4, -0.2) is 7.11 Å². The number of nitrogens with two attached hydrogens (primary N) is 1. The van der Waals surface area contributed by atoms with Gasteiger partial charge < -0.3 is 10.5 Å². The number of benzene rings is 1. The lowest BCUT2D eigenvalue weighted by Crippen LogP contribution is -2.04. The third kappa shape index (κ3) is 3.95. The van der Waals surface area contributed by atoms with Crippen LogP contribution in [0.5, 0.6) is 5.75 Å². The van der Waals surface area contributed by atoms with Gasteiger partial charge >= 0.3 is 0 Å². The summed E-state index contributed by atoms with van der Waals surface area (Å²) in [6.07, 6.45) is 0. The highest BCUT2D eigenvalue weighted by Crippen LogP contribution is 2.14. The van der Waals surface area contributed by atoms with E-state index in [9.17, 15) is 0 Å². The van der Waals surface area contributed by atoms with Crippen molar-refractivity contribution in [2.75, 3.05) is 7.11 Å². The van der Waals surface area contributed by atoms with Crippen molar-refractivity contribution in [1.82, 2.24) is 0 Å². The molecule has 0 aliphatic rings. The molecule has 1 atom stereocenters. The van der Waals surface area contributed by atoms with Gasteiger partial charge in [0.25, 0.3) is 0 Å². The van der Waals surface area contributed by atoms with E-state index in [1.54, 1.807) is 7.11 Å². The van der Waals surface area contributed by atoms with Gasteiger partial charge in [0.15, 0.2) is 0 Å². The van der Waals surface area contributed by atoms with Crippen LogP contribution in [-0.2, 0) is 0 Å². The van der Waals surface area contributed by atoms with Crippen molar-refractivity contribution in [3.63, 3.8) is 0 Å². The van der Waals surface area contributed by atoms with Crippen LogP contribution in [0, 0.1) is 0 Å². The smallest absolute Gasteiger partial charge is 0.118 e. The molecule has 0 aliphatic heterocycles. The Morgan fingerprint density at radius 3 is 1.92 bits per heavy atom. The van der Waals surface area contributed by atoms with Gasteiger partial charge in [-0.3, -0.25) is 0 Å². The van der Waals surface area contributed by atoms with Crippen LogP contribution in [0.15, 0.2) is 24.3 Å². The van der Waals surface area contributed by atoms with Gasteiger partial charge in [-0.25, -0.2) is 0 Å². The minimum absolute atomic E-state index is 0.0981. The molecule has 74 valence electrons. The molecule has 13 heavy (non-hydrogen) atoms. The molecule has 0 heterocycles. The minimum atomic E-state index is 0.0981. The monoisotopic (exact) mass is 181 g/mol. The maximum atomic E-state index is 5.66. The normalized spacial score (nSPS) is 11.2. The Bertz CT molecular complexity index is 216. The quantitative estimate of drug-likeness (QED) is 0.761. The van der Waals surface area contributed by atoms with Gasteiger partial charge in [-0.05, 0) is 24.6 Å². The number of methoxy groups -OCH3 is 1. The van der Waals surface area contributed by atoms with Gasteiger partial charge in [-0.1, -0.05) is 26.0 Å². The highest BCUT2D eigenvalue weighted by Gasteiger charge is 1.97. The third-order valence-corrected chi connectivity index (χ3v) is 1.64. The fraction of sp³-hybridized carbons (Fsp3) is 0.455. The van der Waals surface area contributed by atoms with E-state index in [0.29, 0.717) is 0 Å². The number of ether oxygens (including phenoxy) is 1. The summed E-state index contributed by atoms with van der Waals surface area (Å²) in [6, 6.07) is 7.88. The molecule has 0 amide bonds. The van der Waals surface area contributed by atoms with Crippen molar-refractivity contribution in [3.05, 3.63) is 29.8 Å². The number of hydrogen-bond acceptors (Lipinski definition) is 2. The standard InChI is InChI=1S/C9H13NO.C2H6/c1-7(10)8-3-5-9(11-2)6-4-8;1-2/h3-7H,10H2,1-2H3;1-2H3. The zero-order chi connectivity index (χ0) is 10.3. The first-order valence-electron chi connectivity index (χ1n) is 4.63. The average Bonchev–Trinajstić information content (AvgIpc) is 2.21. The molecule has 0 fully saturated rings. The molecule has 0 saturated carbocycles. The lowest BCUT2D eigenvalue weighted by Gasteiger charge is -2.05. The molecule has 0 aromatic heterocycles. The van der Waals surface area contributed by atoms with E-state index in [2.05, 4.69) is 0 Å². The van der Waals surface area contributed by atoms with Crippen molar-refractivity contribution in [2.24, 2.45) is 5.73 Å². The van der Waals surface area contributed by atoms with E-state index < -0.39 is 0 Å². The highest BCUT2D eigenvalue weighted by molar-refractivity contribution is 5.28. The van der Waals surface area contributed by atoms with Crippen molar-refractivity contribution in [2.45, 2.75) is 26.8 Å². The Morgan fingerprint density at radius 1 is 1.15 bits per heavy atom. The van der Waals surface area contributed by atoms with Gasteiger partial charge in [0, 0.05) is 6.04 Å². The SMILES string of the molecule is CC.COc1ccc(C(C)N)cc1. The van der Waals surface area contributed by atoms with Crippen LogP contribution in [0.25, 0.3) is 0 Å². The summed E-state index contributed by atoms with van der Waals surface area (Å²) in [4.78, 5) is 0. The first kappa shape index (κ1) is 12.0. The minimum Gasteiger partial charge on any atom is -0.497 e. The Morgan fingerprint density at radius 2 is 1.62 bits per heavy atom. The van der Waals surface area contributed by atoms with Gasteiger partial charge in [0.05, 0.1) is 7.11 Å². The summed E-state index contributed by atoms with van der Waals surface area (Å²) in [7, 11) is 1.65. The van der Waals surface area contributed by atoms with Crippen LogP contribution in [0.1, 0.15) is 32.4 Å². The highest BCUT2D eigenvalue weighted by atomic mass is 16.5. The van der Waals surface area contributed by atoms with Crippen molar-refractivity contribution >= 4 is 0 Å². The van der Waals surface area contributed by atoms with Crippen LogP contribution in [0.3, 0.4) is 0 Å². The van der Waals surface area contributed by atoms with Gasteiger partial charge in [-0.2, -0.15) is 0 Å². The summed E-state index contributed by atoms with van der Waals surface area (Å²) in [5.74, 6) is 0.870. The second-order valence-electron chi connectivity index (χ2n) is 2.56. The average molecular weight is 181 g/mol. The van der Waals surface area contributed by atoms with Crippen molar-refractivity contribution in [3.8, 4) is 5.75 Å². The zero-order valence-electron chi connectivity index (χ0n) is 8.87. The topological polar surface area (TPSA) is 35.2 Å². The fourth-order valence-electron chi connectivity index (χ4n) is 0.907. The van der Waals surface area contributed by atoms with Crippen LogP contribution >= 0.6 is 0 Å². The summed E-state index contributed by atoms with van der Waals surface area (Å²) in [6.45, 7) is 5.96. The molecule has 1 rings (SSSR count). The van der Waals surface area contributed by atoms with Gasteiger partial charge in [-0.15, -0.1) is 0 Å².